The zero-order valence-electron chi connectivity index (χ0n) is 24.5. The third-order valence-electron chi connectivity index (χ3n) is 10.2. The molecule has 2 aromatic carbocycles. The molecule has 5 atom stereocenters. The summed E-state index contributed by atoms with van der Waals surface area (Å²) in [6.07, 6.45) is 6.57. The lowest BCUT2D eigenvalue weighted by atomic mass is 9.68. The quantitative estimate of drug-likeness (QED) is 0.465. The predicted octanol–water partition coefficient (Wildman–Crippen LogP) is 5.07. The van der Waals surface area contributed by atoms with Crippen LogP contribution in [0.25, 0.3) is 0 Å². The Morgan fingerprint density at radius 1 is 1.12 bits per heavy atom. The van der Waals surface area contributed by atoms with Gasteiger partial charge in [0.25, 0.3) is 5.91 Å². The van der Waals surface area contributed by atoms with Gasteiger partial charge in [0.2, 0.25) is 0 Å². The number of nitrogens with one attached hydrogen (secondary N) is 1. The van der Waals surface area contributed by atoms with E-state index in [-0.39, 0.29) is 29.5 Å². The molecule has 2 N–H and O–H groups in total. The number of carbonyl (C=O) groups excluding carboxylic acids is 1. The van der Waals surface area contributed by atoms with Crippen LogP contribution in [0, 0.1) is 11.8 Å². The number of anilines is 1. The summed E-state index contributed by atoms with van der Waals surface area (Å²) >= 11 is 6.39. The molecule has 1 amide bonds. The average molecular weight is 616 g/mol. The summed E-state index contributed by atoms with van der Waals surface area (Å²) in [5.41, 5.74) is 3.35. The molecule has 6 rings (SSSR count). The largest absolute Gasteiger partial charge is 0.490 e. The molecule has 1 spiro atoms. The van der Waals surface area contributed by atoms with Gasteiger partial charge in [0, 0.05) is 41.7 Å². The van der Waals surface area contributed by atoms with Gasteiger partial charge in [-0.2, -0.15) is 12.7 Å². The van der Waals surface area contributed by atoms with Crippen molar-refractivity contribution >= 4 is 33.4 Å². The Balaban J connectivity index is 1.41. The van der Waals surface area contributed by atoms with E-state index in [0.29, 0.717) is 44.1 Å². The van der Waals surface area contributed by atoms with Crippen molar-refractivity contribution in [2.45, 2.75) is 82.8 Å². The maximum atomic E-state index is 13.4. The molecular formula is C32H42ClN3O5S. The molecule has 2 aliphatic heterocycles. The first-order valence-electron chi connectivity index (χ1n) is 15.4. The molecule has 0 radical (unpaired) electrons. The van der Waals surface area contributed by atoms with Gasteiger partial charge in [-0.1, -0.05) is 24.6 Å². The van der Waals surface area contributed by atoms with Gasteiger partial charge >= 0.3 is 10.2 Å². The fourth-order valence-corrected chi connectivity index (χ4v) is 9.38. The molecule has 228 valence electrons. The highest BCUT2D eigenvalue weighted by Gasteiger charge is 2.44. The average Bonchev–Trinajstić information content (AvgIpc) is 3.07. The number of aryl methyl sites for hydroxylation is 1. The lowest BCUT2D eigenvalue weighted by molar-refractivity contribution is 0.00850. The van der Waals surface area contributed by atoms with E-state index in [0.717, 1.165) is 49.4 Å². The number of halogens is 1. The molecule has 0 unspecified atom stereocenters. The third kappa shape index (κ3) is 5.53. The van der Waals surface area contributed by atoms with E-state index in [9.17, 15) is 18.3 Å². The normalized spacial score (nSPS) is 31.6. The first kappa shape index (κ1) is 29.7. The molecule has 0 saturated heterocycles. The van der Waals surface area contributed by atoms with Crippen LogP contribution in [-0.2, 0) is 22.0 Å². The summed E-state index contributed by atoms with van der Waals surface area (Å²) in [5, 5.41) is 12.0. The Morgan fingerprint density at radius 3 is 2.71 bits per heavy atom. The predicted molar refractivity (Wildman–Crippen MR) is 165 cm³/mol. The number of hydrogen-bond donors (Lipinski definition) is 2. The zero-order chi connectivity index (χ0) is 29.6. The first-order chi connectivity index (χ1) is 20.1. The molecule has 1 saturated carbocycles. The van der Waals surface area contributed by atoms with E-state index in [2.05, 4.69) is 21.8 Å². The van der Waals surface area contributed by atoms with E-state index in [1.165, 1.54) is 15.4 Å². The van der Waals surface area contributed by atoms with Crippen LogP contribution >= 0.6 is 11.6 Å². The summed E-state index contributed by atoms with van der Waals surface area (Å²) in [5.74, 6) is 0.566. The minimum absolute atomic E-state index is 0.201. The lowest BCUT2D eigenvalue weighted by Crippen LogP contribution is -2.50. The minimum Gasteiger partial charge on any atom is -0.490 e. The number of aliphatic hydroxyl groups is 1. The van der Waals surface area contributed by atoms with Crippen LogP contribution in [0.1, 0.15) is 80.3 Å². The Hall–Kier alpha value is -2.33. The van der Waals surface area contributed by atoms with Gasteiger partial charge in [0.05, 0.1) is 18.4 Å². The van der Waals surface area contributed by atoms with Crippen molar-refractivity contribution in [3.63, 3.8) is 0 Å². The molecule has 2 aromatic rings. The Bertz CT molecular complexity index is 1450. The van der Waals surface area contributed by atoms with Gasteiger partial charge in [-0.3, -0.25) is 4.79 Å². The molecule has 42 heavy (non-hydrogen) atoms. The monoisotopic (exact) mass is 615 g/mol. The van der Waals surface area contributed by atoms with Crippen LogP contribution in [-0.4, -0.2) is 62.1 Å². The van der Waals surface area contributed by atoms with Gasteiger partial charge in [-0.25, -0.2) is 4.72 Å². The molecule has 1 fully saturated rings. The number of hydrogen-bond acceptors (Lipinski definition) is 6. The maximum absolute atomic E-state index is 13.4. The van der Waals surface area contributed by atoms with Crippen molar-refractivity contribution in [1.29, 1.82) is 0 Å². The number of benzene rings is 2. The SMILES string of the molecule is CCN1[C@H](C)CCC[C@H](O)[C@@H]2CC[C@H]2CN2C[C@@]3(CCCc4cc(Cl)ccc43)COc3ccc(cc32)C(=O)NS1(=O)=O. The zero-order valence-corrected chi connectivity index (χ0v) is 26.1. The summed E-state index contributed by atoms with van der Waals surface area (Å²) in [6, 6.07) is 11.1. The molecular weight excluding hydrogens is 574 g/mol. The van der Waals surface area contributed by atoms with Crippen molar-refractivity contribution in [3.8, 4) is 5.75 Å². The van der Waals surface area contributed by atoms with Crippen LogP contribution in [0.2, 0.25) is 5.02 Å². The van der Waals surface area contributed by atoms with Crippen molar-refractivity contribution in [2.75, 3.05) is 31.1 Å². The van der Waals surface area contributed by atoms with Crippen molar-refractivity contribution in [2.24, 2.45) is 11.8 Å². The van der Waals surface area contributed by atoms with Crippen molar-refractivity contribution in [3.05, 3.63) is 58.1 Å². The number of amides is 1. The van der Waals surface area contributed by atoms with E-state index in [1.807, 2.05) is 13.0 Å². The number of rotatable bonds is 1. The van der Waals surface area contributed by atoms with E-state index in [1.54, 1.807) is 25.1 Å². The number of carbonyl (C=O) groups is 1. The number of aliphatic hydroxyl groups excluding tert-OH is 1. The van der Waals surface area contributed by atoms with Gasteiger partial charge in [0.1, 0.15) is 5.75 Å². The smallest absolute Gasteiger partial charge is 0.304 e. The maximum Gasteiger partial charge on any atom is 0.304 e. The van der Waals surface area contributed by atoms with Crippen molar-refractivity contribution in [1.82, 2.24) is 9.03 Å². The second kappa shape index (κ2) is 11.6. The Morgan fingerprint density at radius 2 is 1.95 bits per heavy atom. The number of ether oxygens (including phenoxy) is 1. The van der Waals surface area contributed by atoms with Crippen LogP contribution in [0.3, 0.4) is 0 Å². The van der Waals surface area contributed by atoms with Gasteiger partial charge in [0.15, 0.2) is 0 Å². The van der Waals surface area contributed by atoms with Gasteiger partial charge in [-0.15, -0.1) is 0 Å². The van der Waals surface area contributed by atoms with Crippen LogP contribution in [0.4, 0.5) is 5.69 Å². The van der Waals surface area contributed by atoms with Gasteiger partial charge < -0.3 is 14.7 Å². The number of nitrogens with zero attached hydrogens (tertiary/aromatic N) is 2. The highest BCUT2D eigenvalue weighted by Crippen LogP contribution is 2.47. The summed E-state index contributed by atoms with van der Waals surface area (Å²) in [4.78, 5) is 15.7. The highest BCUT2D eigenvalue weighted by atomic mass is 35.5. The Kier molecular flexibility index (Phi) is 8.24. The second-order valence-corrected chi connectivity index (χ2v) is 14.8. The summed E-state index contributed by atoms with van der Waals surface area (Å²) in [6.45, 7) is 5.84. The first-order valence-corrected chi connectivity index (χ1v) is 17.2. The molecule has 0 aromatic heterocycles. The third-order valence-corrected chi connectivity index (χ3v) is 12.1. The molecule has 4 aliphatic rings. The topological polar surface area (TPSA) is 99.2 Å². The van der Waals surface area contributed by atoms with Crippen LogP contribution < -0.4 is 14.4 Å². The van der Waals surface area contributed by atoms with Gasteiger partial charge in [-0.05, 0) is 112 Å². The molecule has 10 heteroatoms. The molecule has 2 aliphatic carbocycles. The molecule has 8 nitrogen and oxygen atoms in total. The fraction of sp³-hybridized carbons (Fsp3) is 0.594. The van der Waals surface area contributed by atoms with Crippen LogP contribution in [0.15, 0.2) is 36.4 Å². The summed E-state index contributed by atoms with van der Waals surface area (Å²) in [7, 11) is -4.06. The van der Waals surface area contributed by atoms with E-state index >= 15 is 0 Å². The lowest BCUT2D eigenvalue weighted by Gasteiger charge is -2.46. The summed E-state index contributed by atoms with van der Waals surface area (Å²) < 4.78 is 36.8. The van der Waals surface area contributed by atoms with E-state index in [4.69, 9.17) is 16.3 Å². The highest BCUT2D eigenvalue weighted by molar-refractivity contribution is 7.87. The minimum atomic E-state index is -4.06. The molecule has 2 heterocycles. The van der Waals surface area contributed by atoms with Crippen LogP contribution in [0.5, 0.6) is 5.75 Å². The fourth-order valence-electron chi connectivity index (χ4n) is 7.80. The van der Waals surface area contributed by atoms with E-state index < -0.39 is 22.2 Å². The molecule has 2 bridgehead atoms. The number of fused-ring (bicyclic) bond motifs is 4. The van der Waals surface area contributed by atoms with Crippen molar-refractivity contribution < 1.29 is 23.1 Å². The standard InChI is InChI=1S/C32H42ClN3O5S/c1-3-36-21(2)6-4-8-29(37)26-12-9-24(26)18-35-19-32(15-5-7-22-16-25(33)11-13-27(22)32)20-41-30-14-10-23(17-28(30)35)31(38)34-42(36,39)40/h10-11,13-14,16-17,21,24,26,29,37H,3-9,12,15,18-20H2,1-2H3,(H,34,38)/t21-,24+,26-,29+,32+/m1/s1. The second-order valence-electron chi connectivity index (χ2n) is 12.8. The Labute approximate surface area is 254 Å².